The average molecular weight is 269 g/mol. The van der Waals surface area contributed by atoms with Gasteiger partial charge in [-0.25, -0.2) is 0 Å². The van der Waals surface area contributed by atoms with Crippen molar-refractivity contribution in [2.75, 3.05) is 6.54 Å². The SMILES string of the molecule is N[C@@H]1CN[C@H](C(=O)NCc2ccc3ccccc3c2)C1. The van der Waals surface area contributed by atoms with Gasteiger partial charge in [-0.05, 0) is 28.8 Å². The van der Waals surface area contributed by atoms with Gasteiger partial charge in [-0.3, -0.25) is 4.79 Å². The van der Waals surface area contributed by atoms with Gasteiger partial charge in [0, 0.05) is 19.1 Å². The largest absolute Gasteiger partial charge is 0.351 e. The van der Waals surface area contributed by atoms with Gasteiger partial charge in [0.2, 0.25) is 5.91 Å². The van der Waals surface area contributed by atoms with Gasteiger partial charge in [-0.2, -0.15) is 0 Å². The second-order valence-electron chi connectivity index (χ2n) is 5.36. The lowest BCUT2D eigenvalue weighted by Gasteiger charge is -2.11. The van der Waals surface area contributed by atoms with Gasteiger partial charge in [0.05, 0.1) is 6.04 Å². The van der Waals surface area contributed by atoms with Crippen molar-refractivity contribution < 1.29 is 4.79 Å². The summed E-state index contributed by atoms with van der Waals surface area (Å²) < 4.78 is 0. The van der Waals surface area contributed by atoms with E-state index < -0.39 is 0 Å². The molecule has 2 aromatic carbocycles. The number of rotatable bonds is 3. The maximum Gasteiger partial charge on any atom is 0.237 e. The molecule has 104 valence electrons. The lowest BCUT2D eigenvalue weighted by Crippen LogP contribution is -2.40. The molecule has 4 N–H and O–H groups in total. The van der Waals surface area contributed by atoms with Gasteiger partial charge in [-0.1, -0.05) is 36.4 Å². The molecular formula is C16H19N3O. The van der Waals surface area contributed by atoms with Crippen molar-refractivity contribution >= 4 is 16.7 Å². The zero-order valence-electron chi connectivity index (χ0n) is 11.3. The van der Waals surface area contributed by atoms with Crippen LogP contribution in [0.3, 0.4) is 0 Å². The Morgan fingerprint density at radius 2 is 2.05 bits per heavy atom. The van der Waals surface area contributed by atoms with Crippen LogP contribution >= 0.6 is 0 Å². The lowest BCUT2D eigenvalue weighted by atomic mass is 10.1. The Morgan fingerprint density at radius 1 is 1.25 bits per heavy atom. The summed E-state index contributed by atoms with van der Waals surface area (Å²) in [5.41, 5.74) is 6.90. The predicted molar refractivity (Wildman–Crippen MR) is 80.2 cm³/mol. The standard InChI is InChI=1S/C16H19N3O/c17-14-8-15(18-10-14)16(20)19-9-11-5-6-12-3-1-2-4-13(12)7-11/h1-7,14-15,18H,8-10,17H2,(H,19,20)/t14-,15-/m0/s1. The summed E-state index contributed by atoms with van der Waals surface area (Å²) in [6, 6.07) is 14.4. The normalized spacial score (nSPS) is 22.1. The van der Waals surface area contributed by atoms with E-state index in [1.54, 1.807) is 0 Å². The Morgan fingerprint density at radius 3 is 2.80 bits per heavy atom. The molecule has 1 saturated heterocycles. The zero-order valence-corrected chi connectivity index (χ0v) is 11.3. The predicted octanol–water partition coefficient (Wildman–Crippen LogP) is 1.15. The minimum Gasteiger partial charge on any atom is -0.351 e. The monoisotopic (exact) mass is 269 g/mol. The summed E-state index contributed by atoms with van der Waals surface area (Å²) in [5.74, 6) is 0.0334. The summed E-state index contributed by atoms with van der Waals surface area (Å²) in [4.78, 5) is 12.0. The van der Waals surface area contributed by atoms with E-state index in [-0.39, 0.29) is 18.0 Å². The van der Waals surface area contributed by atoms with E-state index in [0.717, 1.165) is 5.56 Å². The Bertz CT molecular complexity index is 626. The summed E-state index contributed by atoms with van der Waals surface area (Å²) in [6.45, 7) is 1.27. The summed E-state index contributed by atoms with van der Waals surface area (Å²) in [7, 11) is 0. The van der Waals surface area contributed by atoms with Crippen LogP contribution in [0.4, 0.5) is 0 Å². The molecule has 4 heteroatoms. The molecule has 1 aliphatic rings. The highest BCUT2D eigenvalue weighted by atomic mass is 16.2. The number of benzene rings is 2. The molecular weight excluding hydrogens is 250 g/mol. The third-order valence-electron chi connectivity index (χ3n) is 3.76. The van der Waals surface area contributed by atoms with Crippen LogP contribution in [0.15, 0.2) is 42.5 Å². The Hall–Kier alpha value is -1.91. The van der Waals surface area contributed by atoms with E-state index in [9.17, 15) is 4.79 Å². The van der Waals surface area contributed by atoms with E-state index in [1.807, 2.05) is 12.1 Å². The Kier molecular flexibility index (Phi) is 3.67. The molecule has 2 atom stereocenters. The van der Waals surface area contributed by atoms with Crippen molar-refractivity contribution in [2.24, 2.45) is 5.73 Å². The molecule has 0 spiro atoms. The van der Waals surface area contributed by atoms with E-state index in [1.165, 1.54) is 10.8 Å². The van der Waals surface area contributed by atoms with Crippen LogP contribution in [-0.2, 0) is 11.3 Å². The van der Waals surface area contributed by atoms with Crippen LogP contribution in [0.25, 0.3) is 10.8 Å². The number of hydrogen-bond donors (Lipinski definition) is 3. The van der Waals surface area contributed by atoms with Gasteiger partial charge in [0.1, 0.15) is 0 Å². The van der Waals surface area contributed by atoms with Gasteiger partial charge in [-0.15, -0.1) is 0 Å². The number of nitrogens with two attached hydrogens (primary N) is 1. The van der Waals surface area contributed by atoms with E-state index in [0.29, 0.717) is 19.5 Å². The quantitative estimate of drug-likeness (QED) is 0.783. The molecule has 0 saturated carbocycles. The molecule has 0 bridgehead atoms. The highest BCUT2D eigenvalue weighted by molar-refractivity contribution is 5.84. The Balaban J connectivity index is 1.63. The topological polar surface area (TPSA) is 67.1 Å². The maximum atomic E-state index is 12.0. The van der Waals surface area contributed by atoms with Crippen LogP contribution < -0.4 is 16.4 Å². The summed E-state index contributed by atoms with van der Waals surface area (Å²) in [6.07, 6.45) is 0.712. The first-order valence-electron chi connectivity index (χ1n) is 6.97. The first kappa shape index (κ1) is 13.1. The van der Waals surface area contributed by atoms with Crippen molar-refractivity contribution in [3.63, 3.8) is 0 Å². The summed E-state index contributed by atoms with van der Waals surface area (Å²) in [5, 5.41) is 8.51. The molecule has 20 heavy (non-hydrogen) atoms. The maximum absolute atomic E-state index is 12.0. The van der Waals surface area contributed by atoms with Crippen LogP contribution in [0.5, 0.6) is 0 Å². The van der Waals surface area contributed by atoms with Crippen molar-refractivity contribution in [1.29, 1.82) is 0 Å². The first-order chi connectivity index (χ1) is 9.72. The van der Waals surface area contributed by atoms with Crippen LogP contribution in [0.2, 0.25) is 0 Å². The third kappa shape index (κ3) is 2.81. The third-order valence-corrected chi connectivity index (χ3v) is 3.76. The molecule has 1 fully saturated rings. The number of nitrogens with one attached hydrogen (secondary N) is 2. The first-order valence-corrected chi connectivity index (χ1v) is 6.97. The highest BCUT2D eigenvalue weighted by Crippen LogP contribution is 2.15. The van der Waals surface area contributed by atoms with Crippen molar-refractivity contribution in [3.05, 3.63) is 48.0 Å². The second-order valence-corrected chi connectivity index (χ2v) is 5.36. The van der Waals surface area contributed by atoms with Crippen molar-refractivity contribution in [2.45, 2.75) is 25.0 Å². The molecule has 3 rings (SSSR count). The van der Waals surface area contributed by atoms with Crippen LogP contribution in [0.1, 0.15) is 12.0 Å². The molecule has 1 amide bonds. The second kappa shape index (κ2) is 5.61. The fraction of sp³-hybridized carbons (Fsp3) is 0.312. The van der Waals surface area contributed by atoms with Gasteiger partial charge < -0.3 is 16.4 Å². The molecule has 0 aliphatic carbocycles. The highest BCUT2D eigenvalue weighted by Gasteiger charge is 2.26. The summed E-state index contributed by atoms with van der Waals surface area (Å²) >= 11 is 0. The number of carbonyl (C=O) groups is 1. The zero-order chi connectivity index (χ0) is 13.9. The molecule has 1 aliphatic heterocycles. The van der Waals surface area contributed by atoms with Crippen molar-refractivity contribution in [3.8, 4) is 0 Å². The van der Waals surface area contributed by atoms with E-state index in [2.05, 4.69) is 41.0 Å². The van der Waals surface area contributed by atoms with E-state index >= 15 is 0 Å². The van der Waals surface area contributed by atoms with Crippen LogP contribution in [-0.4, -0.2) is 24.5 Å². The smallest absolute Gasteiger partial charge is 0.237 e. The van der Waals surface area contributed by atoms with E-state index in [4.69, 9.17) is 5.73 Å². The number of fused-ring (bicyclic) bond motifs is 1. The minimum atomic E-state index is -0.148. The van der Waals surface area contributed by atoms with Gasteiger partial charge in [0.25, 0.3) is 0 Å². The fourth-order valence-corrected chi connectivity index (χ4v) is 2.62. The molecule has 0 aromatic heterocycles. The molecule has 0 radical (unpaired) electrons. The lowest BCUT2D eigenvalue weighted by molar-refractivity contribution is -0.122. The fourth-order valence-electron chi connectivity index (χ4n) is 2.62. The minimum absolute atomic E-state index is 0.0334. The number of hydrogen-bond acceptors (Lipinski definition) is 3. The van der Waals surface area contributed by atoms with Gasteiger partial charge in [0.15, 0.2) is 0 Å². The average Bonchev–Trinajstić information content (AvgIpc) is 2.91. The van der Waals surface area contributed by atoms with Gasteiger partial charge >= 0.3 is 0 Å². The van der Waals surface area contributed by atoms with Crippen molar-refractivity contribution in [1.82, 2.24) is 10.6 Å². The molecule has 1 heterocycles. The molecule has 4 nitrogen and oxygen atoms in total. The number of amides is 1. The Labute approximate surface area is 118 Å². The molecule has 0 unspecified atom stereocenters. The number of carbonyl (C=O) groups excluding carboxylic acids is 1. The molecule has 2 aromatic rings. The van der Waals surface area contributed by atoms with Crippen LogP contribution in [0, 0.1) is 0 Å².